The third-order valence-electron chi connectivity index (χ3n) is 6.15. The van der Waals surface area contributed by atoms with E-state index in [1.807, 2.05) is 12.1 Å². The number of benzene rings is 2. The fourth-order valence-corrected chi connectivity index (χ4v) is 5.91. The number of nitrogens with zero attached hydrogens (tertiary/aromatic N) is 2. The summed E-state index contributed by atoms with van der Waals surface area (Å²) in [6, 6.07) is 13.8. The Labute approximate surface area is 159 Å². The van der Waals surface area contributed by atoms with E-state index in [2.05, 4.69) is 53.2 Å². The summed E-state index contributed by atoms with van der Waals surface area (Å²) in [6.45, 7) is 5.53. The quantitative estimate of drug-likeness (QED) is 0.832. The van der Waals surface area contributed by atoms with E-state index in [1.54, 1.807) is 5.56 Å². The van der Waals surface area contributed by atoms with Gasteiger partial charge in [-0.1, -0.05) is 6.07 Å². The summed E-state index contributed by atoms with van der Waals surface area (Å²) >= 11 is 2.06. The molecule has 3 aliphatic rings. The molecule has 1 N–H and O–H groups in total. The first-order chi connectivity index (χ1) is 12.8. The van der Waals surface area contributed by atoms with Gasteiger partial charge in [-0.3, -0.25) is 0 Å². The van der Waals surface area contributed by atoms with Crippen LogP contribution < -0.4 is 10.2 Å². The summed E-state index contributed by atoms with van der Waals surface area (Å²) in [5, 5.41) is 12.8. The lowest BCUT2D eigenvalue weighted by atomic mass is 9.87. The van der Waals surface area contributed by atoms with Crippen molar-refractivity contribution in [1.29, 1.82) is 5.26 Å². The lowest BCUT2D eigenvalue weighted by Crippen LogP contribution is -2.44. The van der Waals surface area contributed by atoms with Gasteiger partial charge in [-0.25, -0.2) is 0 Å². The minimum absolute atomic E-state index is 0.610. The van der Waals surface area contributed by atoms with Crippen LogP contribution in [0.1, 0.15) is 34.6 Å². The van der Waals surface area contributed by atoms with Gasteiger partial charge in [0.15, 0.2) is 0 Å². The van der Waals surface area contributed by atoms with Gasteiger partial charge in [0.25, 0.3) is 0 Å². The maximum absolute atomic E-state index is 9.16. The highest BCUT2D eigenvalue weighted by molar-refractivity contribution is 7.98. The third-order valence-corrected chi connectivity index (χ3v) is 7.14. The summed E-state index contributed by atoms with van der Waals surface area (Å²) in [7, 11) is 0. The number of rotatable bonds is 1. The Morgan fingerprint density at radius 2 is 2.19 bits per heavy atom. The predicted octanol–water partition coefficient (Wildman–Crippen LogP) is 4.05. The molecule has 0 amide bonds. The molecule has 5 rings (SSSR count). The van der Waals surface area contributed by atoms with E-state index in [-0.39, 0.29) is 0 Å². The summed E-state index contributed by atoms with van der Waals surface area (Å²) in [6.07, 6.45) is 1.24. The van der Waals surface area contributed by atoms with Crippen LogP contribution in [-0.4, -0.2) is 31.4 Å². The Morgan fingerprint density at radius 3 is 3.04 bits per heavy atom. The van der Waals surface area contributed by atoms with Crippen LogP contribution in [0.15, 0.2) is 30.3 Å². The monoisotopic (exact) mass is 361 g/mol. The SMILES string of the molecule is Cc1cc(C#N)ccc1-c1cc2c3c(c1)[C@@H]1CNCC[C@@H]1N3CCSC2. The van der Waals surface area contributed by atoms with Crippen LogP contribution in [0.3, 0.4) is 0 Å². The number of hydrogen-bond donors (Lipinski definition) is 1. The molecule has 132 valence electrons. The van der Waals surface area contributed by atoms with Crippen LogP contribution in [0.25, 0.3) is 11.1 Å². The van der Waals surface area contributed by atoms with Crippen molar-refractivity contribution in [3.63, 3.8) is 0 Å². The van der Waals surface area contributed by atoms with Crippen molar-refractivity contribution in [2.75, 3.05) is 30.3 Å². The van der Waals surface area contributed by atoms with Crippen LogP contribution in [0.2, 0.25) is 0 Å². The minimum Gasteiger partial charge on any atom is -0.367 e. The summed E-state index contributed by atoms with van der Waals surface area (Å²) in [5.74, 6) is 2.93. The van der Waals surface area contributed by atoms with Crippen LogP contribution in [0.4, 0.5) is 5.69 Å². The zero-order valence-electron chi connectivity index (χ0n) is 15.1. The largest absolute Gasteiger partial charge is 0.367 e. The summed E-state index contributed by atoms with van der Waals surface area (Å²) in [4.78, 5) is 2.71. The first-order valence-corrected chi connectivity index (χ1v) is 10.6. The second kappa shape index (κ2) is 6.33. The van der Waals surface area contributed by atoms with Crippen molar-refractivity contribution < 1.29 is 0 Å². The molecular weight excluding hydrogens is 338 g/mol. The van der Waals surface area contributed by atoms with E-state index in [4.69, 9.17) is 5.26 Å². The smallest absolute Gasteiger partial charge is 0.0991 e. The standard InChI is InChI=1S/C22H23N3S/c1-14-8-15(11-23)2-3-18(14)16-9-17-13-26-7-6-25-21-4-5-24-12-20(21)19(10-16)22(17)25/h2-3,8-10,20-21,24H,4-7,12-13H2,1H3/t20-,21-/m0/s1. The summed E-state index contributed by atoms with van der Waals surface area (Å²) in [5.41, 5.74) is 9.07. The fraction of sp³-hybridized carbons (Fsp3) is 0.409. The van der Waals surface area contributed by atoms with Crippen LogP contribution in [0.5, 0.6) is 0 Å². The topological polar surface area (TPSA) is 39.1 Å². The Morgan fingerprint density at radius 1 is 1.27 bits per heavy atom. The van der Waals surface area contributed by atoms with Crippen molar-refractivity contribution >= 4 is 17.4 Å². The lowest BCUT2D eigenvalue weighted by Gasteiger charge is -2.33. The van der Waals surface area contributed by atoms with Crippen molar-refractivity contribution in [1.82, 2.24) is 5.32 Å². The molecule has 1 fully saturated rings. The van der Waals surface area contributed by atoms with Crippen molar-refractivity contribution in [2.24, 2.45) is 0 Å². The molecule has 2 atom stereocenters. The van der Waals surface area contributed by atoms with E-state index in [0.29, 0.717) is 12.0 Å². The third kappa shape index (κ3) is 2.46. The van der Waals surface area contributed by atoms with E-state index in [0.717, 1.165) is 24.4 Å². The molecule has 3 heterocycles. The molecule has 0 radical (unpaired) electrons. The van der Waals surface area contributed by atoms with E-state index >= 15 is 0 Å². The van der Waals surface area contributed by atoms with Gasteiger partial charge in [-0.15, -0.1) is 0 Å². The first kappa shape index (κ1) is 16.2. The Kier molecular flexibility index (Phi) is 3.95. The molecule has 0 unspecified atom stereocenters. The lowest BCUT2D eigenvalue weighted by molar-refractivity contribution is 0.406. The molecular formula is C22H23N3S. The number of nitriles is 1. The van der Waals surface area contributed by atoms with Gasteiger partial charge in [-0.05, 0) is 72.0 Å². The first-order valence-electron chi connectivity index (χ1n) is 9.49. The predicted molar refractivity (Wildman–Crippen MR) is 109 cm³/mol. The second-order valence-electron chi connectivity index (χ2n) is 7.63. The van der Waals surface area contributed by atoms with E-state index in [9.17, 15) is 0 Å². The summed E-state index contributed by atoms with van der Waals surface area (Å²) < 4.78 is 0. The van der Waals surface area contributed by atoms with Gasteiger partial charge in [0, 0.05) is 42.2 Å². The minimum atomic E-state index is 0.610. The fourth-order valence-electron chi connectivity index (χ4n) is 5.00. The normalized spacial score (nSPS) is 23.8. The highest BCUT2D eigenvalue weighted by atomic mass is 32.2. The number of nitrogens with one attached hydrogen (secondary N) is 1. The number of hydrogen-bond acceptors (Lipinski definition) is 4. The molecule has 4 heteroatoms. The molecule has 0 saturated carbocycles. The van der Waals surface area contributed by atoms with Gasteiger partial charge >= 0.3 is 0 Å². The number of anilines is 1. The Balaban J connectivity index is 1.67. The molecule has 0 spiro atoms. The van der Waals surface area contributed by atoms with E-state index < -0.39 is 0 Å². The maximum Gasteiger partial charge on any atom is 0.0991 e. The van der Waals surface area contributed by atoms with E-state index in [1.165, 1.54) is 46.7 Å². The Bertz CT molecular complexity index is 914. The zero-order chi connectivity index (χ0) is 17.7. The molecule has 2 aromatic carbocycles. The van der Waals surface area contributed by atoms with Crippen LogP contribution in [-0.2, 0) is 5.75 Å². The number of fused-ring (bicyclic) bond motifs is 3. The molecule has 1 saturated heterocycles. The van der Waals surface area contributed by atoms with Crippen molar-refractivity contribution in [3.05, 3.63) is 52.6 Å². The molecule has 0 aliphatic carbocycles. The van der Waals surface area contributed by atoms with Crippen LogP contribution >= 0.6 is 11.8 Å². The van der Waals surface area contributed by atoms with Gasteiger partial charge in [0.05, 0.1) is 11.6 Å². The van der Waals surface area contributed by atoms with Crippen molar-refractivity contribution in [3.8, 4) is 17.2 Å². The van der Waals surface area contributed by atoms with Crippen molar-refractivity contribution in [2.45, 2.75) is 31.1 Å². The van der Waals surface area contributed by atoms with Gasteiger partial charge in [0.1, 0.15) is 0 Å². The van der Waals surface area contributed by atoms with Crippen LogP contribution in [0, 0.1) is 18.3 Å². The Hall–Kier alpha value is -1.96. The van der Waals surface area contributed by atoms with Gasteiger partial charge in [-0.2, -0.15) is 17.0 Å². The molecule has 26 heavy (non-hydrogen) atoms. The molecule has 3 nitrogen and oxygen atoms in total. The number of piperidine rings is 1. The highest BCUT2D eigenvalue weighted by Crippen LogP contribution is 2.49. The number of thioether (sulfide) groups is 1. The zero-order valence-corrected chi connectivity index (χ0v) is 15.9. The maximum atomic E-state index is 9.16. The average molecular weight is 362 g/mol. The second-order valence-corrected chi connectivity index (χ2v) is 8.73. The average Bonchev–Trinajstić information content (AvgIpc) is 2.83. The molecule has 3 aliphatic heterocycles. The van der Waals surface area contributed by atoms with Gasteiger partial charge < -0.3 is 10.2 Å². The van der Waals surface area contributed by atoms with Gasteiger partial charge in [0.2, 0.25) is 0 Å². The number of aryl methyl sites for hydroxylation is 1. The molecule has 2 aromatic rings. The molecule has 0 aromatic heterocycles. The molecule has 0 bridgehead atoms. The highest BCUT2D eigenvalue weighted by Gasteiger charge is 2.41.